The van der Waals surface area contributed by atoms with Gasteiger partial charge in [0, 0.05) is 37.2 Å². The van der Waals surface area contributed by atoms with Gasteiger partial charge in [0.25, 0.3) is 0 Å². The van der Waals surface area contributed by atoms with Gasteiger partial charge in [-0.25, -0.2) is 4.98 Å². The molecule has 1 fully saturated rings. The molecular weight excluding hydrogens is 190 g/mol. The largest absolute Gasteiger partial charge is 0.319 e. The molecule has 80 valence electrons. The second kappa shape index (κ2) is 2.62. The van der Waals surface area contributed by atoms with Gasteiger partial charge in [-0.2, -0.15) is 0 Å². The number of rotatable bonds is 0. The third kappa shape index (κ3) is 0.967. The molecule has 1 aromatic rings. The van der Waals surface area contributed by atoms with E-state index in [1.807, 2.05) is 24.3 Å². The summed E-state index contributed by atoms with van der Waals surface area (Å²) in [5.74, 6) is 0.431. The number of carbonyl (C=O) groups excluding carboxylic acids is 1. The van der Waals surface area contributed by atoms with Crippen molar-refractivity contribution in [1.82, 2.24) is 14.5 Å². The van der Waals surface area contributed by atoms with Gasteiger partial charge in [-0.3, -0.25) is 4.79 Å². The Morgan fingerprint density at radius 1 is 1.60 bits per heavy atom. The van der Waals surface area contributed by atoms with E-state index in [-0.39, 0.29) is 17.5 Å². The van der Waals surface area contributed by atoms with E-state index in [0.29, 0.717) is 0 Å². The monoisotopic (exact) mass is 205 g/mol. The van der Waals surface area contributed by atoms with Crippen molar-refractivity contribution in [1.29, 1.82) is 0 Å². The first kappa shape index (κ1) is 8.95. The Hall–Kier alpha value is -1.32. The van der Waals surface area contributed by atoms with Crippen molar-refractivity contribution in [3.8, 4) is 0 Å². The molecule has 0 saturated carbocycles. The first-order valence-electron chi connectivity index (χ1n) is 5.46. The summed E-state index contributed by atoms with van der Waals surface area (Å²) in [6.07, 6.45) is 5.59. The fourth-order valence-corrected chi connectivity index (χ4v) is 3.03. The number of aromatic nitrogens is 2. The third-order valence-corrected chi connectivity index (χ3v) is 3.79. The van der Waals surface area contributed by atoms with E-state index in [0.717, 1.165) is 19.4 Å². The average Bonchev–Trinajstić information content (AvgIpc) is 2.72. The van der Waals surface area contributed by atoms with Gasteiger partial charge in [0.05, 0.1) is 6.33 Å². The lowest BCUT2D eigenvalue weighted by Gasteiger charge is -2.41. The first-order valence-corrected chi connectivity index (χ1v) is 5.46. The van der Waals surface area contributed by atoms with E-state index >= 15 is 0 Å². The molecule has 0 bridgehead atoms. The highest BCUT2D eigenvalue weighted by Gasteiger charge is 2.49. The molecule has 4 nitrogen and oxygen atoms in total. The molecule has 3 heterocycles. The Balaban J connectivity index is 2.14. The predicted molar refractivity (Wildman–Crippen MR) is 55.1 cm³/mol. The van der Waals surface area contributed by atoms with Crippen LogP contribution in [0.25, 0.3) is 0 Å². The fraction of sp³-hybridized carbons (Fsp3) is 0.636. The fourth-order valence-electron chi connectivity index (χ4n) is 3.03. The van der Waals surface area contributed by atoms with Crippen LogP contribution < -0.4 is 0 Å². The summed E-state index contributed by atoms with van der Waals surface area (Å²) in [5, 5.41) is 0. The zero-order valence-electron chi connectivity index (χ0n) is 9.10. The number of nitrogens with zero attached hydrogens (tertiary/aromatic N) is 3. The molecule has 1 saturated heterocycles. The maximum atomic E-state index is 12.0. The van der Waals surface area contributed by atoms with Crippen molar-refractivity contribution in [2.75, 3.05) is 6.54 Å². The van der Waals surface area contributed by atoms with Gasteiger partial charge in [0.15, 0.2) is 0 Å². The summed E-state index contributed by atoms with van der Waals surface area (Å²) in [5.41, 5.74) is 1.08. The third-order valence-electron chi connectivity index (χ3n) is 3.79. The number of fused-ring (bicyclic) bond motifs is 3. The van der Waals surface area contributed by atoms with Gasteiger partial charge in [-0.1, -0.05) is 6.92 Å². The highest BCUT2D eigenvalue weighted by atomic mass is 16.2. The minimum absolute atomic E-state index is 0.142. The SMILES string of the molecule is CC1CC2(C)N(CCc3cncn32)C1=O. The van der Waals surface area contributed by atoms with E-state index < -0.39 is 0 Å². The maximum absolute atomic E-state index is 12.0. The number of hydrogen-bond donors (Lipinski definition) is 0. The van der Waals surface area contributed by atoms with Gasteiger partial charge < -0.3 is 9.47 Å². The minimum Gasteiger partial charge on any atom is -0.319 e. The molecule has 0 N–H and O–H groups in total. The van der Waals surface area contributed by atoms with Crippen molar-refractivity contribution >= 4 is 5.91 Å². The molecule has 2 atom stereocenters. The molecular formula is C11H15N3O. The Kier molecular flexibility index (Phi) is 1.56. The van der Waals surface area contributed by atoms with E-state index in [9.17, 15) is 4.79 Å². The van der Waals surface area contributed by atoms with E-state index in [1.54, 1.807) is 0 Å². The summed E-state index contributed by atoms with van der Waals surface area (Å²) < 4.78 is 2.16. The van der Waals surface area contributed by atoms with Crippen molar-refractivity contribution in [2.45, 2.75) is 32.4 Å². The molecule has 2 aliphatic heterocycles. The van der Waals surface area contributed by atoms with Crippen LogP contribution in [0.5, 0.6) is 0 Å². The second-order valence-electron chi connectivity index (χ2n) is 4.82. The second-order valence-corrected chi connectivity index (χ2v) is 4.82. The Morgan fingerprint density at radius 3 is 3.20 bits per heavy atom. The Bertz CT molecular complexity index is 425. The zero-order chi connectivity index (χ0) is 10.6. The molecule has 4 heteroatoms. The summed E-state index contributed by atoms with van der Waals surface area (Å²) in [6, 6.07) is 0. The standard InChI is InChI=1S/C11H15N3O/c1-8-5-11(2)13(10(8)15)4-3-9-6-12-7-14(9)11/h6-8H,3-5H2,1-2H3. The van der Waals surface area contributed by atoms with Crippen molar-refractivity contribution in [3.63, 3.8) is 0 Å². The summed E-state index contributed by atoms with van der Waals surface area (Å²) in [7, 11) is 0. The normalized spacial score (nSPS) is 34.1. The molecule has 1 amide bonds. The number of carbonyl (C=O) groups is 1. The highest BCUT2D eigenvalue weighted by molar-refractivity contribution is 5.81. The average molecular weight is 205 g/mol. The van der Waals surface area contributed by atoms with Crippen LogP contribution in [-0.4, -0.2) is 26.9 Å². The summed E-state index contributed by atoms with van der Waals surface area (Å²) >= 11 is 0. The predicted octanol–water partition coefficient (Wildman–Crippen LogP) is 0.980. The van der Waals surface area contributed by atoms with Crippen molar-refractivity contribution in [3.05, 3.63) is 18.2 Å². The Labute approximate surface area is 88.9 Å². The topological polar surface area (TPSA) is 38.1 Å². The molecule has 15 heavy (non-hydrogen) atoms. The molecule has 0 spiro atoms. The van der Waals surface area contributed by atoms with Gasteiger partial charge in [-0.15, -0.1) is 0 Å². The van der Waals surface area contributed by atoms with Gasteiger partial charge in [0.2, 0.25) is 5.91 Å². The lowest BCUT2D eigenvalue weighted by atomic mass is 10.0. The van der Waals surface area contributed by atoms with Crippen LogP contribution in [0, 0.1) is 5.92 Å². The van der Waals surface area contributed by atoms with Crippen molar-refractivity contribution < 1.29 is 4.79 Å². The lowest BCUT2D eigenvalue weighted by molar-refractivity contribution is -0.136. The van der Waals surface area contributed by atoms with Gasteiger partial charge >= 0.3 is 0 Å². The lowest BCUT2D eigenvalue weighted by Crippen LogP contribution is -2.50. The molecule has 0 aliphatic carbocycles. The van der Waals surface area contributed by atoms with Crippen LogP contribution in [-0.2, 0) is 16.9 Å². The van der Waals surface area contributed by atoms with Gasteiger partial charge in [-0.05, 0) is 6.92 Å². The van der Waals surface area contributed by atoms with E-state index in [2.05, 4.69) is 16.5 Å². The van der Waals surface area contributed by atoms with E-state index in [4.69, 9.17) is 0 Å². The van der Waals surface area contributed by atoms with Crippen LogP contribution in [0.3, 0.4) is 0 Å². The smallest absolute Gasteiger partial charge is 0.227 e. The van der Waals surface area contributed by atoms with Crippen LogP contribution in [0.2, 0.25) is 0 Å². The first-order chi connectivity index (χ1) is 7.13. The molecule has 2 aliphatic rings. The minimum atomic E-state index is -0.166. The molecule has 0 aromatic carbocycles. The van der Waals surface area contributed by atoms with Crippen LogP contribution in [0.4, 0.5) is 0 Å². The number of amides is 1. The number of imidazole rings is 1. The maximum Gasteiger partial charge on any atom is 0.227 e. The molecule has 3 rings (SSSR count). The van der Waals surface area contributed by atoms with Crippen LogP contribution in [0.15, 0.2) is 12.5 Å². The number of hydrogen-bond acceptors (Lipinski definition) is 2. The summed E-state index contributed by atoms with van der Waals surface area (Å²) in [4.78, 5) is 18.2. The quantitative estimate of drug-likeness (QED) is 0.633. The molecule has 2 unspecified atom stereocenters. The highest BCUT2D eigenvalue weighted by Crippen LogP contribution is 2.40. The zero-order valence-corrected chi connectivity index (χ0v) is 9.10. The molecule has 0 radical (unpaired) electrons. The Morgan fingerprint density at radius 2 is 2.40 bits per heavy atom. The summed E-state index contributed by atoms with van der Waals surface area (Å²) in [6.45, 7) is 4.99. The van der Waals surface area contributed by atoms with Crippen LogP contribution in [0.1, 0.15) is 26.0 Å². The molecule has 1 aromatic heterocycles. The van der Waals surface area contributed by atoms with Crippen LogP contribution >= 0.6 is 0 Å². The van der Waals surface area contributed by atoms with Gasteiger partial charge in [0.1, 0.15) is 5.66 Å². The van der Waals surface area contributed by atoms with E-state index in [1.165, 1.54) is 5.69 Å². The van der Waals surface area contributed by atoms with Crippen molar-refractivity contribution in [2.24, 2.45) is 5.92 Å².